The minimum absolute atomic E-state index is 0.0358. The Morgan fingerprint density at radius 2 is 2.12 bits per heavy atom. The van der Waals surface area contributed by atoms with Crippen LogP contribution in [0.25, 0.3) is 10.9 Å². The van der Waals surface area contributed by atoms with Crippen molar-refractivity contribution in [1.82, 2.24) is 4.98 Å². The fourth-order valence-electron chi connectivity index (χ4n) is 3.28. The predicted octanol–water partition coefficient (Wildman–Crippen LogP) is 3.72. The summed E-state index contributed by atoms with van der Waals surface area (Å²) in [4.78, 5) is 16.2. The summed E-state index contributed by atoms with van der Waals surface area (Å²) >= 11 is 0. The lowest BCUT2D eigenvalue weighted by molar-refractivity contribution is -0.118. The summed E-state index contributed by atoms with van der Waals surface area (Å²) in [5, 5.41) is 13.0. The highest BCUT2D eigenvalue weighted by atomic mass is 16.5. The molecule has 1 aliphatic rings. The first kappa shape index (κ1) is 15.3. The average molecular weight is 331 g/mol. The Balaban J connectivity index is 1.68. The topological polar surface area (TPSA) is 77.9 Å². The molecule has 3 aromatic rings. The van der Waals surface area contributed by atoms with Crippen LogP contribution in [0.2, 0.25) is 0 Å². The zero-order valence-electron chi connectivity index (χ0n) is 13.8. The minimum atomic E-state index is -0.521. The molecule has 0 saturated heterocycles. The lowest BCUT2D eigenvalue weighted by Crippen LogP contribution is -2.27. The number of hydrogen-bond donors (Lipinski definition) is 2. The molecule has 1 heterocycles. The highest BCUT2D eigenvalue weighted by molar-refractivity contribution is 6.04. The summed E-state index contributed by atoms with van der Waals surface area (Å²) in [6.45, 7) is 0. The number of fused-ring (bicyclic) bond motifs is 1. The highest BCUT2D eigenvalue weighted by Gasteiger charge is 2.52. The molecule has 0 atom stereocenters. The molecule has 0 radical (unpaired) electrons. The maximum absolute atomic E-state index is 13.0. The first-order valence-electron chi connectivity index (χ1n) is 8.13. The van der Waals surface area contributed by atoms with Gasteiger partial charge in [0.25, 0.3) is 0 Å². The molecule has 0 spiro atoms. The summed E-state index contributed by atoms with van der Waals surface area (Å²) in [5.41, 5.74) is 2.64. The Hall–Kier alpha value is -3.26. The van der Waals surface area contributed by atoms with Crippen molar-refractivity contribution in [1.29, 1.82) is 5.26 Å². The van der Waals surface area contributed by atoms with Crippen LogP contribution in [-0.2, 0) is 10.2 Å². The third-order valence-corrected chi connectivity index (χ3v) is 4.84. The van der Waals surface area contributed by atoms with Gasteiger partial charge in [-0.3, -0.25) is 4.79 Å². The number of nitriles is 1. The average Bonchev–Trinajstić information content (AvgIpc) is 3.35. The van der Waals surface area contributed by atoms with Crippen molar-refractivity contribution >= 4 is 22.5 Å². The SMILES string of the molecule is COc1ccc2[nH]cc(C3(C(=O)Nc4cccc(C#N)c4)CC3)c2c1. The molecular weight excluding hydrogens is 314 g/mol. The van der Waals surface area contributed by atoms with Crippen molar-refractivity contribution in [2.45, 2.75) is 18.3 Å². The Kier molecular flexibility index (Phi) is 3.47. The van der Waals surface area contributed by atoms with Gasteiger partial charge in [-0.05, 0) is 54.8 Å². The van der Waals surface area contributed by atoms with Crippen LogP contribution in [0.3, 0.4) is 0 Å². The van der Waals surface area contributed by atoms with Crippen molar-refractivity contribution < 1.29 is 9.53 Å². The maximum atomic E-state index is 13.0. The van der Waals surface area contributed by atoms with Crippen molar-refractivity contribution in [3.63, 3.8) is 0 Å². The second kappa shape index (κ2) is 5.67. The molecule has 2 N–H and O–H groups in total. The lowest BCUT2D eigenvalue weighted by Gasteiger charge is -2.15. The van der Waals surface area contributed by atoms with E-state index in [-0.39, 0.29) is 5.91 Å². The van der Waals surface area contributed by atoms with Gasteiger partial charge in [0, 0.05) is 22.8 Å². The van der Waals surface area contributed by atoms with E-state index in [0.717, 1.165) is 35.1 Å². The summed E-state index contributed by atoms with van der Waals surface area (Å²) < 4.78 is 5.32. The second-order valence-electron chi connectivity index (χ2n) is 6.34. The van der Waals surface area contributed by atoms with E-state index in [9.17, 15) is 4.79 Å². The molecule has 1 amide bonds. The van der Waals surface area contributed by atoms with Crippen LogP contribution < -0.4 is 10.1 Å². The van der Waals surface area contributed by atoms with Gasteiger partial charge in [0.1, 0.15) is 5.75 Å². The smallest absolute Gasteiger partial charge is 0.235 e. The third-order valence-electron chi connectivity index (χ3n) is 4.84. The monoisotopic (exact) mass is 331 g/mol. The number of hydrogen-bond acceptors (Lipinski definition) is 3. The quantitative estimate of drug-likeness (QED) is 0.765. The van der Waals surface area contributed by atoms with Gasteiger partial charge in [-0.2, -0.15) is 5.26 Å². The highest BCUT2D eigenvalue weighted by Crippen LogP contribution is 2.51. The summed E-state index contributed by atoms with van der Waals surface area (Å²) in [7, 11) is 1.63. The molecular formula is C20H17N3O2. The molecule has 0 unspecified atom stereocenters. The number of amides is 1. The number of aromatic amines is 1. The largest absolute Gasteiger partial charge is 0.497 e. The van der Waals surface area contributed by atoms with Crippen molar-refractivity contribution in [3.05, 3.63) is 59.8 Å². The van der Waals surface area contributed by atoms with Gasteiger partial charge >= 0.3 is 0 Å². The van der Waals surface area contributed by atoms with Crippen LogP contribution in [0.15, 0.2) is 48.7 Å². The predicted molar refractivity (Wildman–Crippen MR) is 95.5 cm³/mol. The number of nitrogens with one attached hydrogen (secondary N) is 2. The van der Waals surface area contributed by atoms with E-state index in [1.165, 1.54) is 0 Å². The number of ether oxygens (including phenoxy) is 1. The van der Waals surface area contributed by atoms with Gasteiger partial charge in [-0.25, -0.2) is 0 Å². The van der Waals surface area contributed by atoms with E-state index in [1.54, 1.807) is 31.4 Å². The van der Waals surface area contributed by atoms with E-state index in [4.69, 9.17) is 10.00 Å². The Bertz CT molecular complexity index is 1010. The number of carbonyl (C=O) groups is 1. The van der Waals surface area contributed by atoms with Crippen LogP contribution >= 0.6 is 0 Å². The van der Waals surface area contributed by atoms with Crippen LogP contribution in [0, 0.1) is 11.3 Å². The van der Waals surface area contributed by atoms with Crippen molar-refractivity contribution in [2.24, 2.45) is 0 Å². The number of anilines is 1. The molecule has 5 heteroatoms. The number of nitrogens with zero attached hydrogens (tertiary/aromatic N) is 1. The standard InChI is InChI=1S/C20H17N3O2/c1-25-15-5-6-18-16(10-15)17(12-22-18)20(7-8-20)19(24)23-14-4-2-3-13(9-14)11-21/h2-6,9-10,12,22H,7-8H2,1H3,(H,23,24). The van der Waals surface area contributed by atoms with E-state index in [0.29, 0.717) is 11.3 Å². The molecule has 124 valence electrons. The molecule has 1 aromatic heterocycles. The minimum Gasteiger partial charge on any atom is -0.497 e. The van der Waals surface area contributed by atoms with Gasteiger partial charge in [0.2, 0.25) is 5.91 Å². The molecule has 25 heavy (non-hydrogen) atoms. The molecule has 4 rings (SSSR count). The Morgan fingerprint density at radius 3 is 2.84 bits per heavy atom. The number of carbonyl (C=O) groups excluding carboxylic acids is 1. The normalized spacial score (nSPS) is 14.7. The summed E-state index contributed by atoms with van der Waals surface area (Å²) in [6, 6.07) is 14.9. The van der Waals surface area contributed by atoms with E-state index >= 15 is 0 Å². The van der Waals surface area contributed by atoms with Crippen LogP contribution in [0.1, 0.15) is 24.0 Å². The molecule has 1 fully saturated rings. The number of benzene rings is 2. The first-order chi connectivity index (χ1) is 12.2. The van der Waals surface area contributed by atoms with Crippen LogP contribution in [0.5, 0.6) is 5.75 Å². The van der Waals surface area contributed by atoms with Gasteiger partial charge < -0.3 is 15.0 Å². The zero-order chi connectivity index (χ0) is 17.4. The number of aromatic nitrogens is 1. The summed E-state index contributed by atoms with van der Waals surface area (Å²) in [6.07, 6.45) is 3.53. The summed E-state index contributed by atoms with van der Waals surface area (Å²) in [5.74, 6) is 0.734. The van der Waals surface area contributed by atoms with Gasteiger partial charge in [-0.1, -0.05) is 6.07 Å². The number of H-pyrrole nitrogens is 1. The number of methoxy groups -OCH3 is 1. The molecule has 1 saturated carbocycles. The van der Waals surface area contributed by atoms with Crippen LogP contribution in [0.4, 0.5) is 5.69 Å². The second-order valence-corrected chi connectivity index (χ2v) is 6.34. The van der Waals surface area contributed by atoms with Crippen LogP contribution in [-0.4, -0.2) is 18.0 Å². The first-order valence-corrected chi connectivity index (χ1v) is 8.13. The fourth-order valence-corrected chi connectivity index (χ4v) is 3.28. The molecule has 0 bridgehead atoms. The third kappa shape index (κ3) is 2.52. The van der Waals surface area contributed by atoms with E-state index < -0.39 is 5.41 Å². The van der Waals surface area contributed by atoms with E-state index in [1.807, 2.05) is 24.4 Å². The van der Waals surface area contributed by atoms with E-state index in [2.05, 4.69) is 16.4 Å². The molecule has 0 aliphatic heterocycles. The Labute approximate surface area is 145 Å². The maximum Gasteiger partial charge on any atom is 0.235 e. The van der Waals surface area contributed by atoms with Crippen molar-refractivity contribution in [3.8, 4) is 11.8 Å². The van der Waals surface area contributed by atoms with Gasteiger partial charge in [0.05, 0.1) is 24.2 Å². The van der Waals surface area contributed by atoms with Gasteiger partial charge in [0.15, 0.2) is 0 Å². The lowest BCUT2D eigenvalue weighted by atomic mass is 9.94. The number of rotatable bonds is 4. The van der Waals surface area contributed by atoms with Crippen molar-refractivity contribution in [2.75, 3.05) is 12.4 Å². The molecule has 2 aromatic carbocycles. The molecule has 1 aliphatic carbocycles. The Morgan fingerprint density at radius 1 is 1.28 bits per heavy atom. The zero-order valence-corrected chi connectivity index (χ0v) is 13.8. The molecule has 5 nitrogen and oxygen atoms in total. The van der Waals surface area contributed by atoms with Gasteiger partial charge in [-0.15, -0.1) is 0 Å². The fraction of sp³-hybridized carbons (Fsp3) is 0.200.